The van der Waals surface area contributed by atoms with Crippen molar-refractivity contribution >= 4 is 17.5 Å². The normalized spacial score (nSPS) is 16.9. The predicted molar refractivity (Wildman–Crippen MR) is 60.3 cm³/mol. The van der Waals surface area contributed by atoms with Crippen LogP contribution < -0.4 is 16.0 Å². The fourth-order valence-corrected chi connectivity index (χ4v) is 1.84. The number of nitrogen functional groups attached to an aromatic ring is 1. The lowest BCUT2D eigenvalue weighted by atomic mass is 10.4. The van der Waals surface area contributed by atoms with Gasteiger partial charge in [0.2, 0.25) is 11.9 Å². The van der Waals surface area contributed by atoms with Crippen LogP contribution >= 0.6 is 0 Å². The average molecular weight is 219 g/mol. The number of nitrogens with one attached hydrogen (secondary N) is 1. The molecule has 0 saturated carbocycles. The lowest BCUT2D eigenvalue weighted by Gasteiger charge is -2.27. The zero-order valence-electron chi connectivity index (χ0n) is 8.80. The summed E-state index contributed by atoms with van der Waals surface area (Å²) in [6.45, 7) is 3.72. The fourth-order valence-electron chi connectivity index (χ4n) is 1.84. The maximum absolute atomic E-state index is 5.82. The summed E-state index contributed by atoms with van der Waals surface area (Å²) in [6.07, 6.45) is 1.67. The number of hydrogen-bond acceptors (Lipinski definition) is 6. The maximum Gasteiger partial charge on any atom is 0.230 e. The second-order valence-corrected chi connectivity index (χ2v) is 3.72. The summed E-state index contributed by atoms with van der Waals surface area (Å²) >= 11 is 0. The molecule has 1 aliphatic heterocycles. The standard InChI is InChI=1S/C9H13N7/c10-8-14-9(15-5-3-11-4-6-15)13-7-1-2-12-16(7)8/h1-2,11H,3-6H2,(H2,10,13,14). The summed E-state index contributed by atoms with van der Waals surface area (Å²) in [4.78, 5) is 10.8. The van der Waals surface area contributed by atoms with E-state index in [1.165, 1.54) is 4.52 Å². The average Bonchev–Trinajstić information content (AvgIpc) is 2.79. The number of nitrogens with two attached hydrogens (primary N) is 1. The van der Waals surface area contributed by atoms with Crippen molar-refractivity contribution in [2.75, 3.05) is 36.8 Å². The highest BCUT2D eigenvalue weighted by atomic mass is 15.4. The summed E-state index contributed by atoms with van der Waals surface area (Å²) in [7, 11) is 0. The third-order valence-electron chi connectivity index (χ3n) is 2.67. The van der Waals surface area contributed by atoms with Gasteiger partial charge in [0, 0.05) is 32.2 Å². The van der Waals surface area contributed by atoms with E-state index in [1.54, 1.807) is 6.20 Å². The molecule has 0 spiro atoms. The van der Waals surface area contributed by atoms with Gasteiger partial charge >= 0.3 is 0 Å². The molecule has 0 atom stereocenters. The molecule has 3 heterocycles. The Balaban J connectivity index is 2.02. The van der Waals surface area contributed by atoms with Crippen molar-refractivity contribution < 1.29 is 0 Å². The third kappa shape index (κ3) is 1.45. The zero-order chi connectivity index (χ0) is 11.0. The first-order valence-electron chi connectivity index (χ1n) is 5.27. The van der Waals surface area contributed by atoms with Gasteiger partial charge in [0.15, 0.2) is 5.65 Å². The van der Waals surface area contributed by atoms with Crippen molar-refractivity contribution in [1.29, 1.82) is 0 Å². The first-order chi connectivity index (χ1) is 7.84. The molecule has 1 saturated heterocycles. The van der Waals surface area contributed by atoms with E-state index >= 15 is 0 Å². The van der Waals surface area contributed by atoms with E-state index in [4.69, 9.17) is 5.73 Å². The molecule has 7 heteroatoms. The van der Waals surface area contributed by atoms with Crippen LogP contribution in [0.25, 0.3) is 5.65 Å². The molecule has 3 N–H and O–H groups in total. The van der Waals surface area contributed by atoms with Crippen LogP contribution in [0, 0.1) is 0 Å². The Morgan fingerprint density at radius 1 is 1.25 bits per heavy atom. The monoisotopic (exact) mass is 219 g/mol. The molecule has 0 aromatic carbocycles. The molecular formula is C9H13N7. The van der Waals surface area contributed by atoms with Crippen molar-refractivity contribution in [3.05, 3.63) is 12.3 Å². The Kier molecular flexibility index (Phi) is 2.10. The number of nitrogens with zero attached hydrogens (tertiary/aromatic N) is 5. The van der Waals surface area contributed by atoms with E-state index in [-0.39, 0.29) is 0 Å². The topological polar surface area (TPSA) is 84.4 Å². The first-order valence-corrected chi connectivity index (χ1v) is 5.27. The molecule has 7 nitrogen and oxygen atoms in total. The predicted octanol–water partition coefficient (Wildman–Crippen LogP) is -0.884. The van der Waals surface area contributed by atoms with E-state index in [1.807, 2.05) is 6.07 Å². The van der Waals surface area contributed by atoms with Gasteiger partial charge in [0.25, 0.3) is 0 Å². The van der Waals surface area contributed by atoms with Crippen LogP contribution in [0.5, 0.6) is 0 Å². The zero-order valence-corrected chi connectivity index (χ0v) is 8.80. The summed E-state index contributed by atoms with van der Waals surface area (Å²) in [5.41, 5.74) is 6.55. The second kappa shape index (κ2) is 3.60. The number of anilines is 2. The van der Waals surface area contributed by atoms with Gasteiger partial charge in [-0.1, -0.05) is 0 Å². The quantitative estimate of drug-likeness (QED) is 0.647. The van der Waals surface area contributed by atoms with Gasteiger partial charge in [-0.2, -0.15) is 19.6 Å². The molecule has 84 valence electrons. The van der Waals surface area contributed by atoms with Gasteiger partial charge < -0.3 is 16.0 Å². The van der Waals surface area contributed by atoms with Gasteiger partial charge in [-0.05, 0) is 0 Å². The van der Waals surface area contributed by atoms with Crippen LogP contribution in [-0.4, -0.2) is 45.8 Å². The molecule has 0 radical (unpaired) electrons. The minimum absolute atomic E-state index is 0.378. The van der Waals surface area contributed by atoms with E-state index < -0.39 is 0 Å². The molecule has 3 rings (SSSR count). The Morgan fingerprint density at radius 3 is 2.88 bits per heavy atom. The highest BCUT2D eigenvalue weighted by Gasteiger charge is 2.15. The van der Waals surface area contributed by atoms with Gasteiger partial charge in [-0.15, -0.1) is 0 Å². The first kappa shape index (κ1) is 9.34. The van der Waals surface area contributed by atoms with Gasteiger partial charge in [-0.3, -0.25) is 0 Å². The highest BCUT2D eigenvalue weighted by Crippen LogP contribution is 2.12. The molecule has 0 amide bonds. The van der Waals surface area contributed by atoms with Crippen LogP contribution in [0.4, 0.5) is 11.9 Å². The molecule has 2 aromatic rings. The Bertz CT molecular complexity index is 500. The molecule has 0 aliphatic carbocycles. The van der Waals surface area contributed by atoms with Crippen LogP contribution in [0.2, 0.25) is 0 Å². The van der Waals surface area contributed by atoms with Crippen molar-refractivity contribution in [3.8, 4) is 0 Å². The van der Waals surface area contributed by atoms with Crippen LogP contribution in [0.1, 0.15) is 0 Å². The Hall–Kier alpha value is -1.89. The molecule has 2 aromatic heterocycles. The van der Waals surface area contributed by atoms with E-state index in [0.29, 0.717) is 11.9 Å². The van der Waals surface area contributed by atoms with Crippen molar-refractivity contribution in [3.63, 3.8) is 0 Å². The number of hydrogen-bond donors (Lipinski definition) is 2. The molecule has 0 bridgehead atoms. The van der Waals surface area contributed by atoms with Crippen LogP contribution in [-0.2, 0) is 0 Å². The molecule has 0 unspecified atom stereocenters. The minimum Gasteiger partial charge on any atom is -0.368 e. The Morgan fingerprint density at radius 2 is 2.06 bits per heavy atom. The third-order valence-corrected chi connectivity index (χ3v) is 2.67. The summed E-state index contributed by atoms with van der Waals surface area (Å²) in [5, 5.41) is 7.33. The van der Waals surface area contributed by atoms with E-state index in [9.17, 15) is 0 Å². The SMILES string of the molecule is Nc1nc(N2CCNCC2)nc2ccnn12. The number of fused-ring (bicyclic) bond motifs is 1. The molecule has 16 heavy (non-hydrogen) atoms. The van der Waals surface area contributed by atoms with Crippen molar-refractivity contribution in [2.45, 2.75) is 0 Å². The lowest BCUT2D eigenvalue weighted by Crippen LogP contribution is -2.44. The van der Waals surface area contributed by atoms with Gasteiger partial charge in [0.05, 0.1) is 6.20 Å². The largest absolute Gasteiger partial charge is 0.368 e. The molecule has 1 fully saturated rings. The van der Waals surface area contributed by atoms with E-state index in [2.05, 4.69) is 25.3 Å². The number of rotatable bonds is 1. The molecule has 1 aliphatic rings. The number of piperazine rings is 1. The lowest BCUT2D eigenvalue weighted by molar-refractivity contribution is 0.579. The summed E-state index contributed by atoms with van der Waals surface area (Å²) in [6, 6.07) is 1.82. The highest BCUT2D eigenvalue weighted by molar-refractivity contribution is 5.48. The van der Waals surface area contributed by atoms with Crippen molar-refractivity contribution in [1.82, 2.24) is 24.9 Å². The van der Waals surface area contributed by atoms with Crippen LogP contribution in [0.3, 0.4) is 0 Å². The van der Waals surface area contributed by atoms with Gasteiger partial charge in [-0.25, -0.2) is 0 Å². The van der Waals surface area contributed by atoms with E-state index in [0.717, 1.165) is 31.8 Å². The fraction of sp³-hybridized carbons (Fsp3) is 0.444. The molecular weight excluding hydrogens is 206 g/mol. The van der Waals surface area contributed by atoms with Crippen LogP contribution in [0.15, 0.2) is 12.3 Å². The summed E-state index contributed by atoms with van der Waals surface area (Å²) in [5.74, 6) is 1.07. The minimum atomic E-state index is 0.378. The smallest absolute Gasteiger partial charge is 0.230 e. The Labute approximate surface area is 92.3 Å². The van der Waals surface area contributed by atoms with Crippen molar-refractivity contribution in [2.24, 2.45) is 0 Å². The van der Waals surface area contributed by atoms with Gasteiger partial charge in [0.1, 0.15) is 0 Å². The second-order valence-electron chi connectivity index (χ2n) is 3.72. The number of aromatic nitrogens is 4. The maximum atomic E-state index is 5.82. The summed E-state index contributed by atoms with van der Waals surface area (Å²) < 4.78 is 1.53.